The first-order chi connectivity index (χ1) is 16.8. The van der Waals surface area contributed by atoms with Gasteiger partial charge >= 0.3 is 0 Å². The lowest BCUT2D eigenvalue weighted by Gasteiger charge is -2.16. The lowest BCUT2D eigenvalue weighted by atomic mass is 9.97. The van der Waals surface area contributed by atoms with Crippen LogP contribution in [-0.4, -0.2) is 21.2 Å². The van der Waals surface area contributed by atoms with Gasteiger partial charge in [0.1, 0.15) is 4.83 Å². The average molecular weight is 504 g/mol. The van der Waals surface area contributed by atoms with E-state index in [1.807, 2.05) is 58.0 Å². The molecule has 4 aromatic rings. The number of rotatable bonds is 5. The molecule has 2 aromatic carbocycles. The number of anilines is 1. The molecular weight excluding hydrogens is 474 g/mol. The summed E-state index contributed by atoms with van der Waals surface area (Å²) in [6, 6.07) is 12.0. The Hall–Kier alpha value is -2.90. The highest BCUT2D eigenvalue weighted by Crippen LogP contribution is 2.35. The van der Waals surface area contributed by atoms with Gasteiger partial charge in [-0.3, -0.25) is 14.2 Å². The molecule has 0 saturated carbocycles. The first-order valence-corrected chi connectivity index (χ1v) is 13.8. The Bertz CT molecular complexity index is 1520. The maximum Gasteiger partial charge on any atom is 0.267 e. The van der Waals surface area contributed by atoms with Crippen LogP contribution in [0.3, 0.4) is 0 Å². The average Bonchev–Trinajstić information content (AvgIpc) is 3.19. The van der Waals surface area contributed by atoms with E-state index in [0.29, 0.717) is 5.16 Å². The third kappa shape index (κ3) is 4.67. The number of thiophene rings is 1. The molecule has 1 aliphatic rings. The topological polar surface area (TPSA) is 64.0 Å². The van der Waals surface area contributed by atoms with Crippen LogP contribution >= 0.6 is 23.1 Å². The molecule has 0 unspecified atom stereocenters. The Labute approximate surface area is 213 Å². The Morgan fingerprint density at radius 1 is 1.03 bits per heavy atom. The second-order valence-corrected chi connectivity index (χ2v) is 11.4. The lowest BCUT2D eigenvalue weighted by molar-refractivity contribution is -0.113. The van der Waals surface area contributed by atoms with Gasteiger partial charge in [0, 0.05) is 10.6 Å². The zero-order valence-electron chi connectivity index (χ0n) is 20.5. The predicted octanol–water partition coefficient (Wildman–Crippen LogP) is 6.29. The molecule has 1 amide bonds. The van der Waals surface area contributed by atoms with E-state index in [4.69, 9.17) is 4.98 Å². The van der Waals surface area contributed by atoms with Gasteiger partial charge in [-0.1, -0.05) is 35.5 Å². The van der Waals surface area contributed by atoms with Gasteiger partial charge in [0.25, 0.3) is 5.56 Å². The predicted molar refractivity (Wildman–Crippen MR) is 147 cm³/mol. The summed E-state index contributed by atoms with van der Waals surface area (Å²) in [5.74, 6) is 0.0474. The minimum absolute atomic E-state index is 0.0292. The molecule has 0 spiro atoms. The molecule has 7 heteroatoms. The molecule has 5 nitrogen and oxygen atoms in total. The zero-order valence-corrected chi connectivity index (χ0v) is 22.2. The molecule has 2 heterocycles. The number of carbonyl (C=O) groups is 1. The van der Waals surface area contributed by atoms with Crippen LogP contribution in [-0.2, 0) is 17.6 Å². The maximum absolute atomic E-state index is 13.9. The second-order valence-electron chi connectivity index (χ2n) is 9.35. The van der Waals surface area contributed by atoms with Crippen molar-refractivity contribution in [1.82, 2.24) is 9.55 Å². The SMILES string of the molecule is Cc1ccc(-n2c(SCC(=O)Nc3ccc(C)c(C)c3)nc3sc4c(c3c2=O)CCCC4)c(C)c1. The number of benzene rings is 2. The van der Waals surface area contributed by atoms with Crippen LogP contribution in [0.2, 0.25) is 0 Å². The highest BCUT2D eigenvalue weighted by Gasteiger charge is 2.23. The number of aryl methyl sites for hydroxylation is 6. The number of nitrogens with one attached hydrogen (secondary N) is 1. The number of fused-ring (bicyclic) bond motifs is 3. The summed E-state index contributed by atoms with van der Waals surface area (Å²) >= 11 is 2.95. The van der Waals surface area contributed by atoms with Gasteiger partial charge in [-0.05, 0) is 93.8 Å². The van der Waals surface area contributed by atoms with E-state index in [2.05, 4.69) is 11.4 Å². The number of hydrogen-bond acceptors (Lipinski definition) is 5. The van der Waals surface area contributed by atoms with Crippen molar-refractivity contribution in [2.75, 3.05) is 11.1 Å². The van der Waals surface area contributed by atoms with E-state index in [9.17, 15) is 9.59 Å². The Morgan fingerprint density at radius 3 is 2.60 bits per heavy atom. The van der Waals surface area contributed by atoms with Crippen molar-refractivity contribution in [3.63, 3.8) is 0 Å². The monoisotopic (exact) mass is 503 g/mol. The molecule has 2 aromatic heterocycles. The largest absolute Gasteiger partial charge is 0.325 e. The van der Waals surface area contributed by atoms with Crippen LogP contribution in [0.15, 0.2) is 46.3 Å². The molecule has 0 fully saturated rings. The maximum atomic E-state index is 13.9. The van der Waals surface area contributed by atoms with Crippen molar-refractivity contribution in [3.05, 3.63) is 79.4 Å². The van der Waals surface area contributed by atoms with Crippen LogP contribution in [0.5, 0.6) is 0 Å². The first-order valence-electron chi connectivity index (χ1n) is 12.0. The molecule has 35 heavy (non-hydrogen) atoms. The van der Waals surface area contributed by atoms with Crippen molar-refractivity contribution >= 4 is 44.9 Å². The van der Waals surface area contributed by atoms with E-state index < -0.39 is 0 Å². The van der Waals surface area contributed by atoms with Crippen molar-refractivity contribution in [3.8, 4) is 5.69 Å². The van der Waals surface area contributed by atoms with Crippen molar-refractivity contribution in [1.29, 1.82) is 0 Å². The fourth-order valence-electron chi connectivity index (χ4n) is 4.70. The molecule has 1 aliphatic carbocycles. The lowest BCUT2D eigenvalue weighted by Crippen LogP contribution is -2.24. The van der Waals surface area contributed by atoms with Gasteiger partial charge in [-0.25, -0.2) is 4.98 Å². The quantitative estimate of drug-likeness (QED) is 0.257. The van der Waals surface area contributed by atoms with Crippen LogP contribution in [0.1, 0.15) is 45.5 Å². The summed E-state index contributed by atoms with van der Waals surface area (Å²) in [6.45, 7) is 8.14. The van der Waals surface area contributed by atoms with Crippen molar-refractivity contribution < 1.29 is 4.79 Å². The smallest absolute Gasteiger partial charge is 0.267 e. The first kappa shape index (κ1) is 23.8. The summed E-state index contributed by atoms with van der Waals surface area (Å²) in [5, 5.41) is 4.29. The van der Waals surface area contributed by atoms with Gasteiger partial charge in [-0.15, -0.1) is 11.3 Å². The summed E-state index contributed by atoms with van der Waals surface area (Å²) in [7, 11) is 0. The van der Waals surface area contributed by atoms with Gasteiger partial charge in [0.2, 0.25) is 5.91 Å². The molecule has 5 rings (SSSR count). The number of nitrogens with zero attached hydrogens (tertiary/aromatic N) is 2. The Kier molecular flexibility index (Phi) is 6.55. The van der Waals surface area contributed by atoms with Crippen LogP contribution in [0.4, 0.5) is 5.69 Å². The highest BCUT2D eigenvalue weighted by molar-refractivity contribution is 7.99. The molecular formula is C28H29N3O2S2. The van der Waals surface area contributed by atoms with Crippen LogP contribution < -0.4 is 10.9 Å². The number of carbonyl (C=O) groups excluding carboxylic acids is 1. The van der Waals surface area contributed by atoms with Gasteiger partial charge in [-0.2, -0.15) is 0 Å². The number of aromatic nitrogens is 2. The number of hydrogen-bond donors (Lipinski definition) is 1. The number of thioether (sulfide) groups is 1. The van der Waals surface area contributed by atoms with E-state index >= 15 is 0 Å². The molecule has 0 aliphatic heterocycles. The van der Waals surface area contributed by atoms with Crippen molar-refractivity contribution in [2.45, 2.75) is 58.5 Å². The van der Waals surface area contributed by atoms with Crippen molar-refractivity contribution in [2.24, 2.45) is 0 Å². The van der Waals surface area contributed by atoms with Gasteiger partial charge in [0.15, 0.2) is 5.16 Å². The molecule has 0 bridgehead atoms. The Balaban J connectivity index is 1.53. The third-order valence-corrected chi connectivity index (χ3v) is 8.80. The van der Waals surface area contributed by atoms with E-state index in [-0.39, 0.29) is 17.2 Å². The summed E-state index contributed by atoms with van der Waals surface area (Å²) in [4.78, 5) is 33.8. The second kappa shape index (κ2) is 9.63. The molecule has 0 atom stereocenters. The third-order valence-electron chi connectivity index (χ3n) is 6.67. The fraction of sp³-hybridized carbons (Fsp3) is 0.321. The molecule has 180 valence electrons. The Morgan fingerprint density at radius 2 is 1.83 bits per heavy atom. The minimum Gasteiger partial charge on any atom is -0.325 e. The fourth-order valence-corrected chi connectivity index (χ4v) is 6.81. The van der Waals surface area contributed by atoms with Crippen LogP contribution in [0, 0.1) is 27.7 Å². The van der Waals surface area contributed by atoms with E-state index in [0.717, 1.165) is 64.0 Å². The van der Waals surface area contributed by atoms with E-state index in [1.54, 1.807) is 15.9 Å². The summed E-state index contributed by atoms with van der Waals surface area (Å²) in [6.07, 6.45) is 4.21. The van der Waals surface area contributed by atoms with Crippen LogP contribution in [0.25, 0.3) is 15.9 Å². The zero-order chi connectivity index (χ0) is 24.7. The molecule has 0 saturated heterocycles. The standard InChI is InChI=1S/C28H29N3O2S2/c1-16-9-12-22(19(4)13-16)31-27(33)25-21-7-5-6-8-23(21)35-26(25)30-28(31)34-15-24(32)29-20-11-10-17(2)18(3)14-20/h9-14H,5-8,15H2,1-4H3,(H,29,32). The van der Waals surface area contributed by atoms with Gasteiger partial charge in [0.05, 0.1) is 16.8 Å². The normalized spacial score (nSPS) is 13.1. The highest BCUT2D eigenvalue weighted by atomic mass is 32.2. The summed E-state index contributed by atoms with van der Waals surface area (Å²) < 4.78 is 1.71. The van der Waals surface area contributed by atoms with E-state index in [1.165, 1.54) is 27.8 Å². The number of amides is 1. The molecule has 1 N–H and O–H groups in total. The molecule has 0 radical (unpaired) electrons. The minimum atomic E-state index is -0.120. The van der Waals surface area contributed by atoms with Gasteiger partial charge < -0.3 is 5.32 Å². The summed E-state index contributed by atoms with van der Waals surface area (Å²) in [5.41, 5.74) is 7.22.